The SMILES string of the molecule is Cc1ncc(-c2nc(-c3ccccc3F)no2)c(C)n1. The van der Waals surface area contributed by atoms with E-state index in [9.17, 15) is 4.39 Å². The Morgan fingerprint density at radius 3 is 2.60 bits per heavy atom. The van der Waals surface area contributed by atoms with Crippen molar-refractivity contribution >= 4 is 0 Å². The lowest BCUT2D eigenvalue weighted by molar-refractivity contribution is 0.431. The van der Waals surface area contributed by atoms with Gasteiger partial charge < -0.3 is 4.52 Å². The van der Waals surface area contributed by atoms with Crippen molar-refractivity contribution in [1.82, 2.24) is 20.1 Å². The Kier molecular flexibility index (Phi) is 2.98. The Bertz CT molecular complexity index is 769. The average molecular weight is 270 g/mol. The molecule has 2 aromatic heterocycles. The molecular weight excluding hydrogens is 259 g/mol. The van der Waals surface area contributed by atoms with Crippen molar-refractivity contribution in [3.05, 3.63) is 47.8 Å². The molecule has 0 spiro atoms. The third kappa shape index (κ3) is 2.16. The molecule has 0 N–H and O–H groups in total. The van der Waals surface area contributed by atoms with Crippen LogP contribution in [0.5, 0.6) is 0 Å². The van der Waals surface area contributed by atoms with Crippen LogP contribution in [-0.2, 0) is 0 Å². The molecule has 20 heavy (non-hydrogen) atoms. The highest BCUT2D eigenvalue weighted by Gasteiger charge is 2.15. The lowest BCUT2D eigenvalue weighted by atomic mass is 10.2. The summed E-state index contributed by atoms with van der Waals surface area (Å²) >= 11 is 0. The molecule has 0 radical (unpaired) electrons. The first-order valence-electron chi connectivity index (χ1n) is 6.04. The summed E-state index contributed by atoms with van der Waals surface area (Å²) < 4.78 is 18.8. The number of rotatable bonds is 2. The molecule has 0 saturated carbocycles. The highest BCUT2D eigenvalue weighted by Crippen LogP contribution is 2.24. The fourth-order valence-corrected chi connectivity index (χ4v) is 1.88. The molecule has 6 heteroatoms. The van der Waals surface area contributed by atoms with Gasteiger partial charge in [0.15, 0.2) is 0 Å². The maximum Gasteiger partial charge on any atom is 0.261 e. The third-order valence-corrected chi connectivity index (χ3v) is 2.87. The Hall–Kier alpha value is -2.63. The largest absolute Gasteiger partial charge is 0.333 e. The van der Waals surface area contributed by atoms with Gasteiger partial charge in [0.05, 0.1) is 16.8 Å². The molecule has 100 valence electrons. The van der Waals surface area contributed by atoms with Gasteiger partial charge in [0.2, 0.25) is 5.82 Å². The predicted molar refractivity (Wildman–Crippen MR) is 70.2 cm³/mol. The van der Waals surface area contributed by atoms with Gasteiger partial charge in [0.1, 0.15) is 11.6 Å². The first-order chi connectivity index (χ1) is 9.65. The second-order valence-electron chi connectivity index (χ2n) is 4.32. The van der Waals surface area contributed by atoms with E-state index in [4.69, 9.17) is 4.52 Å². The zero-order valence-electron chi connectivity index (χ0n) is 11.0. The summed E-state index contributed by atoms with van der Waals surface area (Å²) in [6.45, 7) is 3.63. The van der Waals surface area contributed by atoms with Crippen LogP contribution in [0.2, 0.25) is 0 Å². The molecule has 0 bridgehead atoms. The molecule has 0 amide bonds. The normalized spacial score (nSPS) is 10.8. The van der Waals surface area contributed by atoms with E-state index in [0.717, 1.165) is 5.69 Å². The van der Waals surface area contributed by atoms with Gasteiger partial charge in [-0.2, -0.15) is 4.98 Å². The minimum atomic E-state index is -0.392. The van der Waals surface area contributed by atoms with Gasteiger partial charge in [-0.1, -0.05) is 17.3 Å². The molecule has 5 nitrogen and oxygen atoms in total. The summed E-state index contributed by atoms with van der Waals surface area (Å²) in [6.07, 6.45) is 1.62. The Balaban J connectivity index is 2.04. The van der Waals surface area contributed by atoms with E-state index in [1.165, 1.54) is 6.07 Å². The zero-order valence-corrected chi connectivity index (χ0v) is 11.0. The van der Waals surface area contributed by atoms with Crippen molar-refractivity contribution in [1.29, 1.82) is 0 Å². The van der Waals surface area contributed by atoms with Crippen LogP contribution in [0, 0.1) is 19.7 Å². The summed E-state index contributed by atoms with van der Waals surface area (Å²) in [7, 11) is 0. The summed E-state index contributed by atoms with van der Waals surface area (Å²) in [5, 5.41) is 3.81. The number of aryl methyl sites for hydroxylation is 2. The average Bonchev–Trinajstić information content (AvgIpc) is 2.88. The van der Waals surface area contributed by atoms with Crippen molar-refractivity contribution in [3.8, 4) is 22.8 Å². The van der Waals surface area contributed by atoms with Crippen molar-refractivity contribution in [3.63, 3.8) is 0 Å². The molecule has 3 aromatic rings. The fraction of sp³-hybridized carbons (Fsp3) is 0.143. The maximum atomic E-state index is 13.7. The van der Waals surface area contributed by atoms with Gasteiger partial charge >= 0.3 is 0 Å². The molecule has 0 fully saturated rings. The Morgan fingerprint density at radius 1 is 1.05 bits per heavy atom. The van der Waals surface area contributed by atoms with Gasteiger partial charge in [0.25, 0.3) is 5.89 Å². The van der Waals surface area contributed by atoms with E-state index in [0.29, 0.717) is 17.0 Å². The summed E-state index contributed by atoms with van der Waals surface area (Å²) in [5.74, 6) is 0.760. The highest BCUT2D eigenvalue weighted by atomic mass is 19.1. The quantitative estimate of drug-likeness (QED) is 0.716. The topological polar surface area (TPSA) is 64.7 Å². The fourth-order valence-electron chi connectivity index (χ4n) is 1.88. The van der Waals surface area contributed by atoms with E-state index >= 15 is 0 Å². The molecule has 0 atom stereocenters. The Morgan fingerprint density at radius 2 is 1.85 bits per heavy atom. The third-order valence-electron chi connectivity index (χ3n) is 2.87. The lowest BCUT2D eigenvalue weighted by Crippen LogP contribution is -1.94. The van der Waals surface area contributed by atoms with E-state index in [1.807, 2.05) is 6.92 Å². The molecule has 0 aliphatic heterocycles. The van der Waals surface area contributed by atoms with Crippen LogP contribution in [0.1, 0.15) is 11.5 Å². The number of benzene rings is 1. The van der Waals surface area contributed by atoms with Crippen molar-refractivity contribution in [2.45, 2.75) is 13.8 Å². The lowest BCUT2D eigenvalue weighted by Gasteiger charge is -1.99. The Labute approximate surface area is 114 Å². The van der Waals surface area contributed by atoms with Crippen LogP contribution in [-0.4, -0.2) is 20.1 Å². The number of hydrogen-bond donors (Lipinski definition) is 0. The molecule has 0 saturated heterocycles. The number of hydrogen-bond acceptors (Lipinski definition) is 5. The van der Waals surface area contributed by atoms with Crippen LogP contribution < -0.4 is 0 Å². The molecular formula is C14H11FN4O. The van der Waals surface area contributed by atoms with E-state index in [-0.39, 0.29) is 11.7 Å². The molecule has 0 aliphatic carbocycles. The van der Waals surface area contributed by atoms with E-state index in [2.05, 4.69) is 20.1 Å². The number of halogens is 1. The van der Waals surface area contributed by atoms with Gasteiger partial charge in [0, 0.05) is 6.20 Å². The minimum absolute atomic E-state index is 0.207. The smallest absolute Gasteiger partial charge is 0.261 e. The molecule has 0 aliphatic rings. The van der Waals surface area contributed by atoms with Gasteiger partial charge in [-0.05, 0) is 26.0 Å². The molecule has 0 unspecified atom stereocenters. The van der Waals surface area contributed by atoms with Crippen LogP contribution in [0.15, 0.2) is 35.0 Å². The first kappa shape index (κ1) is 12.4. The van der Waals surface area contributed by atoms with Gasteiger partial charge in [-0.25, -0.2) is 14.4 Å². The van der Waals surface area contributed by atoms with Crippen LogP contribution in [0.4, 0.5) is 4.39 Å². The first-order valence-corrected chi connectivity index (χ1v) is 6.04. The van der Waals surface area contributed by atoms with Crippen LogP contribution in [0.3, 0.4) is 0 Å². The van der Waals surface area contributed by atoms with E-state index in [1.54, 1.807) is 31.3 Å². The van der Waals surface area contributed by atoms with Crippen molar-refractivity contribution in [2.24, 2.45) is 0 Å². The monoisotopic (exact) mass is 270 g/mol. The summed E-state index contributed by atoms with van der Waals surface area (Å²) in [5.41, 5.74) is 1.68. The summed E-state index contributed by atoms with van der Waals surface area (Å²) in [6, 6.07) is 6.28. The standard InChI is InChI=1S/C14H11FN4O/c1-8-11(7-16-9(2)17-8)14-18-13(19-20-14)10-5-3-4-6-12(10)15/h3-7H,1-2H3. The molecule has 1 aromatic carbocycles. The zero-order chi connectivity index (χ0) is 14.1. The van der Waals surface area contributed by atoms with Crippen LogP contribution in [0.25, 0.3) is 22.8 Å². The van der Waals surface area contributed by atoms with Gasteiger partial charge in [-0.15, -0.1) is 0 Å². The van der Waals surface area contributed by atoms with E-state index < -0.39 is 5.82 Å². The van der Waals surface area contributed by atoms with Crippen molar-refractivity contribution < 1.29 is 8.91 Å². The minimum Gasteiger partial charge on any atom is -0.333 e. The van der Waals surface area contributed by atoms with Crippen molar-refractivity contribution in [2.75, 3.05) is 0 Å². The predicted octanol–water partition coefficient (Wildman–Crippen LogP) is 2.95. The number of nitrogens with zero attached hydrogens (tertiary/aromatic N) is 4. The second kappa shape index (κ2) is 4.80. The molecule has 2 heterocycles. The van der Waals surface area contributed by atoms with Crippen LogP contribution >= 0.6 is 0 Å². The maximum absolute atomic E-state index is 13.7. The number of aromatic nitrogens is 4. The highest BCUT2D eigenvalue weighted by molar-refractivity contribution is 5.60. The van der Waals surface area contributed by atoms with Gasteiger partial charge in [-0.3, -0.25) is 0 Å². The summed E-state index contributed by atoms with van der Waals surface area (Å²) in [4.78, 5) is 12.5. The molecule has 3 rings (SSSR count). The second-order valence-corrected chi connectivity index (χ2v) is 4.32.